The number of benzene rings is 1. The van der Waals surface area contributed by atoms with Gasteiger partial charge in [-0.1, -0.05) is 12.1 Å². The summed E-state index contributed by atoms with van der Waals surface area (Å²) in [5, 5.41) is 9.02. The fraction of sp³-hybridized carbons (Fsp3) is 0.500. The van der Waals surface area contributed by atoms with Crippen LogP contribution in [0.5, 0.6) is 0 Å². The molecule has 2 aliphatic rings. The molecule has 0 amide bonds. The van der Waals surface area contributed by atoms with Crippen molar-refractivity contribution in [3.8, 4) is 0 Å². The number of likely N-dealkylation sites (tertiary alicyclic amines) is 1. The van der Waals surface area contributed by atoms with E-state index in [0.717, 1.165) is 6.54 Å². The van der Waals surface area contributed by atoms with Crippen LogP contribution in [0.1, 0.15) is 35.2 Å². The van der Waals surface area contributed by atoms with E-state index in [4.69, 9.17) is 5.11 Å². The summed E-state index contributed by atoms with van der Waals surface area (Å²) in [7, 11) is 0. The maximum absolute atomic E-state index is 11.0. The lowest BCUT2D eigenvalue weighted by molar-refractivity contribution is 0.0696. The van der Waals surface area contributed by atoms with Crippen molar-refractivity contribution in [2.75, 3.05) is 19.6 Å². The molecule has 0 bridgehead atoms. The van der Waals surface area contributed by atoms with E-state index in [2.05, 4.69) is 11.0 Å². The van der Waals surface area contributed by atoms with Crippen molar-refractivity contribution in [1.29, 1.82) is 0 Å². The number of carboxylic acid groups (broad SMARTS) is 1. The Bertz CT molecular complexity index is 447. The third-order valence-corrected chi connectivity index (χ3v) is 4.05. The second-order valence-corrected chi connectivity index (χ2v) is 5.30. The van der Waals surface area contributed by atoms with Crippen molar-refractivity contribution in [2.24, 2.45) is 0 Å². The molecule has 0 atom stereocenters. The predicted molar refractivity (Wildman–Crippen MR) is 65.4 cm³/mol. The first-order valence-electron chi connectivity index (χ1n) is 6.26. The van der Waals surface area contributed by atoms with Crippen LogP contribution in [0, 0.1) is 0 Å². The molecule has 1 aromatic carbocycles. The first-order valence-corrected chi connectivity index (χ1v) is 6.26. The summed E-state index contributed by atoms with van der Waals surface area (Å²) in [4.78, 5) is 13.5. The smallest absolute Gasteiger partial charge is 0.335 e. The quantitative estimate of drug-likeness (QED) is 0.863. The molecule has 0 radical (unpaired) electrons. The Morgan fingerprint density at radius 1 is 1.35 bits per heavy atom. The summed E-state index contributed by atoms with van der Waals surface area (Å²) < 4.78 is 0. The van der Waals surface area contributed by atoms with Crippen LogP contribution < -0.4 is 0 Å². The number of hydrogen-bond donors (Lipinski definition) is 1. The molecule has 1 saturated carbocycles. The summed E-state index contributed by atoms with van der Waals surface area (Å²) in [5.41, 5.74) is 1.88. The summed E-state index contributed by atoms with van der Waals surface area (Å²) in [6, 6.07) is 7.48. The topological polar surface area (TPSA) is 40.5 Å². The van der Waals surface area contributed by atoms with Crippen LogP contribution >= 0.6 is 0 Å². The number of nitrogens with zero attached hydrogens (tertiary/aromatic N) is 1. The molecule has 0 aromatic heterocycles. The van der Waals surface area contributed by atoms with Crippen LogP contribution in [0.15, 0.2) is 24.3 Å². The Morgan fingerprint density at radius 3 is 2.65 bits per heavy atom. The lowest BCUT2D eigenvalue weighted by Crippen LogP contribution is -2.42. The molecule has 0 spiro atoms. The molecule has 1 aromatic rings. The zero-order valence-corrected chi connectivity index (χ0v) is 9.85. The van der Waals surface area contributed by atoms with E-state index in [0.29, 0.717) is 5.56 Å². The SMILES string of the molecule is O=C(O)c1cccc(C2(CN3CCC3)CC2)c1. The lowest BCUT2D eigenvalue weighted by atomic mass is 9.92. The van der Waals surface area contributed by atoms with Gasteiger partial charge in [0, 0.05) is 12.0 Å². The van der Waals surface area contributed by atoms with Gasteiger partial charge in [0.25, 0.3) is 0 Å². The highest BCUT2D eigenvalue weighted by Crippen LogP contribution is 2.49. The summed E-state index contributed by atoms with van der Waals surface area (Å²) >= 11 is 0. The highest BCUT2D eigenvalue weighted by molar-refractivity contribution is 5.87. The van der Waals surface area contributed by atoms with E-state index in [1.165, 1.54) is 37.9 Å². The molecule has 90 valence electrons. The summed E-state index contributed by atoms with van der Waals surface area (Å²) in [5.74, 6) is -0.827. The predicted octanol–water partition coefficient (Wildman–Crippen LogP) is 2.12. The van der Waals surface area contributed by atoms with Gasteiger partial charge < -0.3 is 10.0 Å². The van der Waals surface area contributed by atoms with Gasteiger partial charge in [0.15, 0.2) is 0 Å². The second-order valence-electron chi connectivity index (χ2n) is 5.30. The van der Waals surface area contributed by atoms with Gasteiger partial charge in [-0.3, -0.25) is 0 Å². The van der Waals surface area contributed by atoms with Crippen LogP contribution in [0.4, 0.5) is 0 Å². The Balaban J connectivity index is 1.82. The van der Waals surface area contributed by atoms with Gasteiger partial charge in [0.1, 0.15) is 0 Å². The molecule has 1 aliphatic carbocycles. The summed E-state index contributed by atoms with van der Waals surface area (Å²) in [6.45, 7) is 3.52. The van der Waals surface area contributed by atoms with E-state index >= 15 is 0 Å². The van der Waals surface area contributed by atoms with Gasteiger partial charge in [-0.15, -0.1) is 0 Å². The van der Waals surface area contributed by atoms with Crippen molar-refractivity contribution in [3.05, 3.63) is 35.4 Å². The van der Waals surface area contributed by atoms with Gasteiger partial charge in [-0.2, -0.15) is 0 Å². The standard InChI is InChI=1S/C14H17NO2/c16-13(17)11-3-1-4-12(9-11)14(5-6-14)10-15-7-2-8-15/h1,3-4,9H,2,5-8,10H2,(H,16,17). The normalized spacial score (nSPS) is 21.9. The van der Waals surface area contributed by atoms with Crippen LogP contribution in [0.2, 0.25) is 0 Å². The molecule has 3 heteroatoms. The molecule has 1 saturated heterocycles. The molecular formula is C14H17NO2. The Labute approximate surface area is 101 Å². The maximum atomic E-state index is 11.0. The minimum atomic E-state index is -0.827. The van der Waals surface area contributed by atoms with Crippen molar-refractivity contribution in [1.82, 2.24) is 4.90 Å². The molecule has 3 nitrogen and oxygen atoms in total. The van der Waals surface area contributed by atoms with Crippen LogP contribution in [0.25, 0.3) is 0 Å². The summed E-state index contributed by atoms with van der Waals surface area (Å²) in [6.07, 6.45) is 3.71. The lowest BCUT2D eigenvalue weighted by Gasteiger charge is -2.34. The molecule has 3 rings (SSSR count). The van der Waals surface area contributed by atoms with E-state index in [-0.39, 0.29) is 5.41 Å². The zero-order chi connectivity index (χ0) is 11.9. The Morgan fingerprint density at radius 2 is 2.12 bits per heavy atom. The van der Waals surface area contributed by atoms with Crippen LogP contribution in [-0.4, -0.2) is 35.6 Å². The third kappa shape index (κ3) is 1.95. The van der Waals surface area contributed by atoms with Crippen LogP contribution in [-0.2, 0) is 5.41 Å². The number of hydrogen-bond acceptors (Lipinski definition) is 2. The highest BCUT2D eigenvalue weighted by atomic mass is 16.4. The maximum Gasteiger partial charge on any atom is 0.335 e. The van der Waals surface area contributed by atoms with Crippen molar-refractivity contribution in [2.45, 2.75) is 24.7 Å². The number of rotatable bonds is 4. The van der Waals surface area contributed by atoms with Gasteiger partial charge >= 0.3 is 5.97 Å². The molecular weight excluding hydrogens is 214 g/mol. The van der Waals surface area contributed by atoms with Crippen molar-refractivity contribution < 1.29 is 9.90 Å². The van der Waals surface area contributed by atoms with Crippen molar-refractivity contribution >= 4 is 5.97 Å². The van der Waals surface area contributed by atoms with Gasteiger partial charge in [-0.25, -0.2) is 4.79 Å². The largest absolute Gasteiger partial charge is 0.478 e. The van der Waals surface area contributed by atoms with Gasteiger partial charge in [0.05, 0.1) is 5.56 Å². The highest BCUT2D eigenvalue weighted by Gasteiger charge is 2.46. The first kappa shape index (κ1) is 10.8. The molecule has 0 unspecified atom stereocenters. The average molecular weight is 231 g/mol. The Hall–Kier alpha value is -1.35. The molecule has 1 aliphatic heterocycles. The third-order valence-electron chi connectivity index (χ3n) is 4.05. The number of carbonyl (C=O) groups is 1. The molecule has 17 heavy (non-hydrogen) atoms. The fourth-order valence-electron chi connectivity index (χ4n) is 2.64. The van der Waals surface area contributed by atoms with Gasteiger partial charge in [0.2, 0.25) is 0 Å². The molecule has 2 fully saturated rings. The van der Waals surface area contributed by atoms with Crippen molar-refractivity contribution in [3.63, 3.8) is 0 Å². The second kappa shape index (κ2) is 3.84. The number of aromatic carboxylic acids is 1. The van der Waals surface area contributed by atoms with E-state index in [1.807, 2.05) is 12.1 Å². The van der Waals surface area contributed by atoms with Gasteiger partial charge in [-0.05, 0) is 50.0 Å². The number of carboxylic acids is 1. The Kier molecular flexibility index (Phi) is 2.44. The van der Waals surface area contributed by atoms with E-state index < -0.39 is 5.97 Å². The minimum Gasteiger partial charge on any atom is -0.478 e. The fourth-order valence-corrected chi connectivity index (χ4v) is 2.64. The van der Waals surface area contributed by atoms with E-state index in [1.54, 1.807) is 6.07 Å². The molecule has 1 heterocycles. The zero-order valence-electron chi connectivity index (χ0n) is 9.85. The molecule has 1 N–H and O–H groups in total. The average Bonchev–Trinajstić information content (AvgIpc) is 3.05. The first-order chi connectivity index (χ1) is 8.20. The minimum absolute atomic E-state index is 0.256. The van der Waals surface area contributed by atoms with E-state index in [9.17, 15) is 4.79 Å². The monoisotopic (exact) mass is 231 g/mol. The van der Waals surface area contributed by atoms with Crippen LogP contribution in [0.3, 0.4) is 0 Å².